The smallest absolute Gasteiger partial charge is 0.543 e. The number of hydrogen-bond acceptors (Lipinski definition) is 5. The Labute approximate surface area is 169 Å². The van der Waals surface area contributed by atoms with E-state index in [0.717, 1.165) is 11.4 Å². The van der Waals surface area contributed by atoms with Crippen LogP contribution in [0.25, 0.3) is 0 Å². The average molecular weight is 384 g/mol. The Hall–Kier alpha value is -0.730. The van der Waals surface area contributed by atoms with E-state index in [4.69, 9.17) is 16.3 Å². The normalized spacial score (nSPS) is 11.2. The van der Waals surface area contributed by atoms with Crippen LogP contribution in [0.5, 0.6) is 5.75 Å². The third-order valence-electron chi connectivity index (χ3n) is 2.83. The van der Waals surface area contributed by atoms with Crippen molar-refractivity contribution in [3.8, 4) is 5.75 Å². The molecule has 0 unspecified atom stereocenters. The van der Waals surface area contributed by atoms with Gasteiger partial charge in [-0.1, -0.05) is 25.4 Å². The Bertz CT molecular complexity index is 724. The second kappa shape index (κ2) is 8.58. The second-order valence-electron chi connectivity index (χ2n) is 5.25. The minimum absolute atomic E-state index is 0. The zero-order valence-corrected chi connectivity index (χ0v) is 16.9. The van der Waals surface area contributed by atoms with Crippen molar-refractivity contribution in [2.75, 3.05) is 6.61 Å². The summed E-state index contributed by atoms with van der Waals surface area (Å²) < 4.78 is 34.9. The van der Waals surface area contributed by atoms with Crippen molar-refractivity contribution in [3.05, 3.63) is 44.9 Å². The fraction of sp³-hybridized carbons (Fsp3) is 0.333. The monoisotopic (exact) mass is 383 g/mol. The zero-order valence-electron chi connectivity index (χ0n) is 13.3. The van der Waals surface area contributed by atoms with Crippen molar-refractivity contribution >= 4 is 28.9 Å². The van der Waals surface area contributed by atoms with Crippen LogP contribution in [0.15, 0.2) is 23.6 Å². The zero-order chi connectivity index (χ0) is 17.2. The maximum atomic E-state index is 14.7. The minimum atomic E-state index is -3.53. The number of carboxylic acids is 1. The molecule has 124 valence electrons. The fourth-order valence-corrected chi connectivity index (χ4v) is 2.71. The number of halogens is 3. The van der Waals surface area contributed by atoms with E-state index >= 15 is 0 Å². The summed E-state index contributed by atoms with van der Waals surface area (Å²) in [5.41, 5.74) is -0.985. The van der Waals surface area contributed by atoms with E-state index in [9.17, 15) is 18.7 Å². The maximum absolute atomic E-state index is 14.7. The number of nitrogens with zero attached hydrogens (tertiary/aromatic N) is 1. The number of carbonyl (C=O) groups excluding carboxylic acids is 1. The number of rotatable bonds is 6. The number of carboxylic acid groups (broad SMARTS) is 1. The predicted molar refractivity (Wildman–Crippen MR) is 81.2 cm³/mol. The first-order chi connectivity index (χ1) is 10.7. The van der Waals surface area contributed by atoms with Gasteiger partial charge in [0.15, 0.2) is 5.01 Å². The number of aromatic carboxylic acids is 1. The molecule has 1 heterocycles. The van der Waals surface area contributed by atoms with Crippen LogP contribution < -0.4 is 39.4 Å². The van der Waals surface area contributed by atoms with Crippen LogP contribution >= 0.6 is 22.9 Å². The van der Waals surface area contributed by atoms with Crippen LogP contribution in [0.3, 0.4) is 0 Å². The molecule has 0 saturated carbocycles. The average Bonchev–Trinajstić information content (AvgIpc) is 2.96. The first-order valence-electron chi connectivity index (χ1n) is 6.69. The summed E-state index contributed by atoms with van der Waals surface area (Å²) >= 11 is 6.36. The molecule has 4 nitrogen and oxygen atoms in total. The van der Waals surface area contributed by atoms with Gasteiger partial charge in [0.2, 0.25) is 0 Å². The van der Waals surface area contributed by atoms with Gasteiger partial charge < -0.3 is 14.6 Å². The summed E-state index contributed by atoms with van der Waals surface area (Å²) in [6.07, 6.45) is 0. The molecule has 2 aromatic rings. The number of alkyl halides is 2. The molecule has 0 aliphatic carbocycles. The molecular weight excluding hydrogens is 371 g/mol. The quantitative estimate of drug-likeness (QED) is 0.675. The number of aromatic nitrogens is 1. The summed E-state index contributed by atoms with van der Waals surface area (Å²) in [6, 6.07) is 3.91. The topological polar surface area (TPSA) is 62.2 Å². The van der Waals surface area contributed by atoms with Crippen molar-refractivity contribution in [3.63, 3.8) is 0 Å². The van der Waals surface area contributed by atoms with Crippen LogP contribution in [0.1, 0.15) is 34.9 Å². The molecule has 24 heavy (non-hydrogen) atoms. The van der Waals surface area contributed by atoms with Crippen LogP contribution in [0, 0.1) is 5.92 Å². The summed E-state index contributed by atoms with van der Waals surface area (Å²) in [7, 11) is 0. The Morgan fingerprint density at radius 2 is 2.12 bits per heavy atom. The molecule has 1 aromatic heterocycles. The first kappa shape index (κ1) is 21.3. The van der Waals surface area contributed by atoms with Crippen molar-refractivity contribution in [1.29, 1.82) is 0 Å². The van der Waals surface area contributed by atoms with E-state index in [0.29, 0.717) is 11.3 Å². The van der Waals surface area contributed by atoms with Crippen LogP contribution in [-0.4, -0.2) is 17.6 Å². The van der Waals surface area contributed by atoms with Gasteiger partial charge >= 0.3 is 35.5 Å². The van der Waals surface area contributed by atoms with Crippen molar-refractivity contribution in [2.24, 2.45) is 5.92 Å². The third-order valence-corrected chi connectivity index (χ3v) is 3.98. The minimum Gasteiger partial charge on any atom is -0.543 e. The largest absolute Gasteiger partial charge is 1.00 e. The first-order valence-corrected chi connectivity index (χ1v) is 7.95. The van der Waals surface area contributed by atoms with Gasteiger partial charge in [0.25, 0.3) is 0 Å². The molecule has 1 aromatic carbocycles. The third kappa shape index (κ3) is 4.89. The van der Waals surface area contributed by atoms with Gasteiger partial charge in [-0.2, -0.15) is 8.78 Å². The molecule has 0 spiro atoms. The van der Waals surface area contributed by atoms with E-state index in [-0.39, 0.29) is 52.9 Å². The summed E-state index contributed by atoms with van der Waals surface area (Å²) in [6.45, 7) is 4.04. The predicted octanol–water partition coefficient (Wildman–Crippen LogP) is 0.339. The molecule has 2 rings (SSSR count). The van der Waals surface area contributed by atoms with E-state index in [1.807, 2.05) is 13.8 Å². The van der Waals surface area contributed by atoms with Gasteiger partial charge in [0.1, 0.15) is 5.75 Å². The second-order valence-corrected chi connectivity index (χ2v) is 6.54. The maximum Gasteiger partial charge on any atom is 1.00 e. The SMILES string of the molecule is CC(C)COc1ccc(Cl)cc1C(F)(F)c1nc(C(=O)[O-])cs1.[Na+]. The standard InChI is InChI=1S/C15H14ClF2NO3S.Na/c1-8(2)6-22-12-4-3-9(16)5-10(12)15(17,18)14-19-11(7-23-14)13(20)21;/h3-5,7-8H,6H2,1-2H3,(H,20,21);/q;+1/p-1. The van der Waals surface area contributed by atoms with Crippen molar-refractivity contribution in [1.82, 2.24) is 4.98 Å². The van der Waals surface area contributed by atoms with Crippen molar-refractivity contribution in [2.45, 2.75) is 19.8 Å². The number of hydrogen-bond donors (Lipinski definition) is 0. The summed E-state index contributed by atoms with van der Waals surface area (Å²) in [4.78, 5) is 14.2. The Kier molecular flexibility index (Phi) is 7.62. The summed E-state index contributed by atoms with van der Waals surface area (Å²) in [5.74, 6) is -5.00. The van der Waals surface area contributed by atoms with Crippen LogP contribution in [0.2, 0.25) is 5.02 Å². The van der Waals surface area contributed by atoms with Crippen LogP contribution in [0.4, 0.5) is 8.78 Å². The van der Waals surface area contributed by atoms with Crippen molar-refractivity contribution < 1.29 is 53.0 Å². The molecule has 0 aliphatic heterocycles. The molecule has 9 heteroatoms. The number of carbonyl (C=O) groups is 1. The molecule has 0 bridgehead atoms. The molecular formula is C15H13ClF2NNaO3S. The molecule has 0 radical (unpaired) electrons. The number of thiazole rings is 1. The molecule has 0 atom stereocenters. The fourth-order valence-electron chi connectivity index (χ4n) is 1.76. The van der Waals surface area contributed by atoms with E-state index in [1.54, 1.807) is 0 Å². The van der Waals surface area contributed by atoms with Gasteiger partial charge in [-0.05, 0) is 24.1 Å². The molecule has 0 amide bonds. The molecule has 0 aliphatic rings. The number of benzene rings is 1. The van der Waals surface area contributed by atoms with Gasteiger partial charge in [0.05, 0.1) is 23.8 Å². The van der Waals surface area contributed by atoms with Gasteiger partial charge in [-0.25, -0.2) is 4.98 Å². The number of ether oxygens (including phenoxy) is 1. The Morgan fingerprint density at radius 3 is 2.67 bits per heavy atom. The van der Waals surface area contributed by atoms with Gasteiger partial charge in [0, 0.05) is 10.4 Å². The molecule has 0 fully saturated rings. The molecule has 0 saturated heterocycles. The Balaban J connectivity index is 0.00000288. The van der Waals surface area contributed by atoms with E-state index < -0.39 is 28.2 Å². The molecule has 0 N–H and O–H groups in total. The van der Waals surface area contributed by atoms with E-state index in [1.165, 1.54) is 12.1 Å². The van der Waals surface area contributed by atoms with E-state index in [2.05, 4.69) is 4.98 Å². The van der Waals surface area contributed by atoms with Gasteiger partial charge in [-0.3, -0.25) is 0 Å². The summed E-state index contributed by atoms with van der Waals surface area (Å²) in [5, 5.41) is 11.2. The Morgan fingerprint density at radius 1 is 1.46 bits per heavy atom. The van der Waals surface area contributed by atoms with Crippen LogP contribution in [-0.2, 0) is 5.92 Å². The van der Waals surface area contributed by atoms with Gasteiger partial charge in [-0.15, -0.1) is 11.3 Å².